The molecule has 44 heavy (non-hydrogen) atoms. The molecule has 0 saturated heterocycles. The Labute approximate surface area is 257 Å². The van der Waals surface area contributed by atoms with Crippen LogP contribution in [0, 0.1) is 11.8 Å². The molecule has 1 heterocycles. The maximum absolute atomic E-state index is 14.4. The van der Waals surface area contributed by atoms with E-state index in [2.05, 4.69) is 82.0 Å². The van der Waals surface area contributed by atoms with E-state index in [-0.39, 0.29) is 30.3 Å². The Kier molecular flexibility index (Phi) is 6.87. The van der Waals surface area contributed by atoms with Crippen molar-refractivity contribution in [3.63, 3.8) is 0 Å². The lowest BCUT2D eigenvalue weighted by Gasteiger charge is -2.32. The summed E-state index contributed by atoms with van der Waals surface area (Å²) < 4.78 is 0. The van der Waals surface area contributed by atoms with Gasteiger partial charge in [-0.15, -0.1) is 0 Å². The lowest BCUT2D eigenvalue weighted by atomic mass is 9.83. The second kappa shape index (κ2) is 10.8. The van der Waals surface area contributed by atoms with Gasteiger partial charge in [0.05, 0.1) is 5.69 Å². The van der Waals surface area contributed by atoms with Crippen LogP contribution in [0.1, 0.15) is 96.2 Å². The number of aliphatic hydroxyl groups excluding tert-OH is 1. The van der Waals surface area contributed by atoms with Crippen LogP contribution in [0.25, 0.3) is 43.1 Å². The first-order chi connectivity index (χ1) is 21.3. The van der Waals surface area contributed by atoms with Gasteiger partial charge in [0.1, 0.15) is 0 Å². The number of fused-ring (bicyclic) bond motifs is 2. The fourth-order valence-electron chi connectivity index (χ4n) is 7.05. The Morgan fingerprint density at radius 1 is 0.636 bits per heavy atom. The van der Waals surface area contributed by atoms with Crippen LogP contribution in [0.5, 0.6) is 0 Å². The van der Waals surface area contributed by atoms with Crippen molar-refractivity contribution in [2.75, 3.05) is 11.5 Å². The number of aliphatic hydroxyl groups is 1. The molecule has 2 amide bonds. The van der Waals surface area contributed by atoms with Crippen molar-refractivity contribution in [3.05, 3.63) is 101 Å². The van der Waals surface area contributed by atoms with Gasteiger partial charge in [-0.2, -0.15) is 0 Å². The minimum absolute atomic E-state index is 0.146. The average molecular weight is 578 g/mol. The number of nitrogens with zero attached hydrogens (tertiary/aromatic N) is 1. The Bertz CT molecular complexity index is 2100. The zero-order chi connectivity index (χ0) is 30.7. The van der Waals surface area contributed by atoms with Gasteiger partial charge in [-0.25, -0.2) is 4.90 Å². The minimum Gasteiger partial charge on any atom is -0.396 e. The van der Waals surface area contributed by atoms with Gasteiger partial charge in [0, 0.05) is 35.1 Å². The van der Waals surface area contributed by atoms with E-state index in [1.54, 1.807) is 0 Å². The molecule has 0 fully saturated rings. The Balaban J connectivity index is 1.47. The van der Waals surface area contributed by atoms with Crippen LogP contribution >= 0.6 is 0 Å². The van der Waals surface area contributed by atoms with Crippen LogP contribution in [-0.2, 0) is 0 Å². The number of imide groups is 1. The average Bonchev–Trinajstić information content (AvgIpc) is 3.02. The topological polar surface area (TPSA) is 57.6 Å². The minimum atomic E-state index is -0.267. The predicted molar refractivity (Wildman–Crippen MR) is 181 cm³/mol. The van der Waals surface area contributed by atoms with E-state index in [1.807, 2.05) is 30.3 Å². The highest BCUT2D eigenvalue weighted by molar-refractivity contribution is 6.42. The van der Waals surface area contributed by atoms with Crippen LogP contribution in [-0.4, -0.2) is 23.5 Å². The third-order valence-corrected chi connectivity index (χ3v) is 9.15. The van der Waals surface area contributed by atoms with Crippen molar-refractivity contribution in [2.24, 2.45) is 0 Å². The van der Waals surface area contributed by atoms with Crippen LogP contribution in [0.2, 0.25) is 0 Å². The zero-order valence-corrected chi connectivity index (χ0v) is 25.6. The first-order valence-corrected chi connectivity index (χ1v) is 15.6. The SMILES string of the molecule is CC(C)c1cccc(C(C)C)c1N1C(=O)c2ccc3c4cccc5c(C#CCCCCO)ccc(c6ccc(c2c36)C1=O)c54. The third-order valence-electron chi connectivity index (χ3n) is 9.15. The molecule has 0 aliphatic carbocycles. The van der Waals surface area contributed by atoms with E-state index in [0.29, 0.717) is 11.1 Å². The first kappa shape index (κ1) is 28.1. The number of carbonyl (C=O) groups is 2. The molecule has 0 atom stereocenters. The van der Waals surface area contributed by atoms with Crippen molar-refractivity contribution in [2.45, 2.75) is 58.8 Å². The highest BCUT2D eigenvalue weighted by Crippen LogP contribution is 2.46. The van der Waals surface area contributed by atoms with E-state index in [9.17, 15) is 9.59 Å². The molecular formula is C40H35NO3. The second-order valence-corrected chi connectivity index (χ2v) is 12.5. The van der Waals surface area contributed by atoms with Gasteiger partial charge in [-0.05, 0) is 91.7 Å². The van der Waals surface area contributed by atoms with Crippen molar-refractivity contribution in [1.82, 2.24) is 0 Å². The highest BCUT2D eigenvalue weighted by Gasteiger charge is 2.37. The molecular weight excluding hydrogens is 542 g/mol. The molecule has 0 radical (unpaired) electrons. The molecule has 7 rings (SSSR count). The van der Waals surface area contributed by atoms with E-state index >= 15 is 0 Å². The number of rotatable bonds is 6. The van der Waals surface area contributed by atoms with E-state index < -0.39 is 0 Å². The number of benzene rings is 6. The Morgan fingerprint density at radius 2 is 1.18 bits per heavy atom. The van der Waals surface area contributed by atoms with Crippen LogP contribution in [0.15, 0.2) is 72.8 Å². The highest BCUT2D eigenvalue weighted by atomic mass is 16.3. The van der Waals surface area contributed by atoms with Crippen molar-refractivity contribution in [1.29, 1.82) is 0 Å². The predicted octanol–water partition coefficient (Wildman–Crippen LogP) is 9.30. The maximum Gasteiger partial charge on any atom is 0.266 e. The summed E-state index contributed by atoms with van der Waals surface area (Å²) in [6, 6.07) is 24.5. The monoisotopic (exact) mass is 577 g/mol. The van der Waals surface area contributed by atoms with Crippen molar-refractivity contribution >= 4 is 60.6 Å². The van der Waals surface area contributed by atoms with Gasteiger partial charge >= 0.3 is 0 Å². The number of hydrogen-bond donors (Lipinski definition) is 1. The Morgan fingerprint density at radius 3 is 1.80 bits per heavy atom. The molecule has 0 unspecified atom stereocenters. The summed E-state index contributed by atoms with van der Waals surface area (Å²) in [4.78, 5) is 30.3. The Hall–Kier alpha value is -4.72. The lowest BCUT2D eigenvalue weighted by Crippen LogP contribution is -2.41. The van der Waals surface area contributed by atoms with E-state index in [4.69, 9.17) is 5.11 Å². The number of amides is 2. The largest absolute Gasteiger partial charge is 0.396 e. The molecule has 4 heteroatoms. The van der Waals surface area contributed by atoms with E-state index in [1.165, 1.54) is 4.90 Å². The summed E-state index contributed by atoms with van der Waals surface area (Å²) in [6.07, 6.45) is 2.38. The molecule has 218 valence electrons. The smallest absolute Gasteiger partial charge is 0.266 e. The van der Waals surface area contributed by atoms with Gasteiger partial charge < -0.3 is 5.11 Å². The molecule has 6 aromatic rings. The van der Waals surface area contributed by atoms with Gasteiger partial charge in [0.15, 0.2) is 0 Å². The molecule has 0 aromatic heterocycles. The molecule has 6 aromatic carbocycles. The number of unbranched alkanes of at least 4 members (excludes halogenated alkanes) is 2. The van der Waals surface area contributed by atoms with Crippen LogP contribution in [0.4, 0.5) is 5.69 Å². The zero-order valence-electron chi connectivity index (χ0n) is 25.6. The molecule has 0 spiro atoms. The summed E-state index contributed by atoms with van der Waals surface area (Å²) in [7, 11) is 0. The summed E-state index contributed by atoms with van der Waals surface area (Å²) >= 11 is 0. The summed E-state index contributed by atoms with van der Waals surface area (Å²) in [5.41, 5.74) is 4.84. The molecule has 1 N–H and O–H groups in total. The summed E-state index contributed by atoms with van der Waals surface area (Å²) in [5, 5.41) is 17.3. The molecule has 4 nitrogen and oxygen atoms in total. The number of carbonyl (C=O) groups excluding carboxylic acids is 2. The quantitative estimate of drug-likeness (QED) is 0.0706. The lowest BCUT2D eigenvalue weighted by molar-refractivity contribution is 0.0893. The summed E-state index contributed by atoms with van der Waals surface area (Å²) in [5.74, 6) is 6.41. The fourth-order valence-corrected chi connectivity index (χ4v) is 7.05. The van der Waals surface area contributed by atoms with Crippen LogP contribution in [0.3, 0.4) is 0 Å². The van der Waals surface area contributed by atoms with Gasteiger partial charge in [-0.1, -0.05) is 94.1 Å². The normalized spacial score (nSPS) is 13.3. The van der Waals surface area contributed by atoms with E-state index in [0.717, 1.165) is 84.7 Å². The molecule has 1 aliphatic heterocycles. The van der Waals surface area contributed by atoms with Crippen molar-refractivity contribution in [3.8, 4) is 11.8 Å². The second-order valence-electron chi connectivity index (χ2n) is 12.5. The number of hydrogen-bond acceptors (Lipinski definition) is 3. The standard InChI is InChI=1S/C40H35NO3/c1-23(2)26-12-9-13-27(24(3)4)38(26)41-39(43)33-20-18-31-29-15-10-14-28-25(11-7-5-6-8-22-42)16-17-30(35(28)29)32-19-21-34(40(41)44)37(33)36(31)32/h9-10,12-21,23-24,42H,5-6,8,22H2,1-4H3. The maximum atomic E-state index is 14.4. The molecule has 0 saturated carbocycles. The first-order valence-electron chi connectivity index (χ1n) is 15.6. The van der Waals surface area contributed by atoms with Crippen molar-refractivity contribution < 1.29 is 14.7 Å². The summed E-state index contributed by atoms with van der Waals surface area (Å²) in [6.45, 7) is 8.61. The molecule has 1 aliphatic rings. The fraction of sp³-hybridized carbons (Fsp3) is 0.250. The van der Waals surface area contributed by atoms with Crippen LogP contribution < -0.4 is 4.90 Å². The molecule has 0 bridgehead atoms. The van der Waals surface area contributed by atoms with Gasteiger partial charge in [-0.3, -0.25) is 9.59 Å². The third kappa shape index (κ3) is 4.11. The van der Waals surface area contributed by atoms with Gasteiger partial charge in [0.25, 0.3) is 11.8 Å². The number of para-hydroxylation sites is 1. The number of anilines is 1. The van der Waals surface area contributed by atoms with Gasteiger partial charge in [0.2, 0.25) is 0 Å².